The van der Waals surface area contributed by atoms with E-state index in [1.807, 2.05) is 37.3 Å². The largest absolute Gasteiger partial charge is 0.494 e. The molecule has 2 aliphatic rings. The molecule has 0 unspecified atom stereocenters. The number of hydrogen-bond acceptors (Lipinski definition) is 6. The minimum absolute atomic E-state index is 0.0825. The van der Waals surface area contributed by atoms with E-state index in [-0.39, 0.29) is 24.1 Å². The molecule has 39 heavy (non-hydrogen) atoms. The number of hydrogen-bond donors (Lipinski definition) is 0. The summed E-state index contributed by atoms with van der Waals surface area (Å²) in [6, 6.07) is 25.8. The van der Waals surface area contributed by atoms with Crippen molar-refractivity contribution >= 4 is 11.4 Å². The molecule has 2 heterocycles. The van der Waals surface area contributed by atoms with Crippen molar-refractivity contribution in [3.63, 3.8) is 0 Å². The maximum Gasteiger partial charge on any atom is 0.146 e. The van der Waals surface area contributed by atoms with Gasteiger partial charge in [0.25, 0.3) is 0 Å². The van der Waals surface area contributed by atoms with Gasteiger partial charge in [0.2, 0.25) is 0 Å². The highest BCUT2D eigenvalue weighted by molar-refractivity contribution is 5.53. The molecule has 0 aromatic heterocycles. The van der Waals surface area contributed by atoms with Crippen molar-refractivity contribution in [2.24, 2.45) is 0 Å². The molecule has 3 aromatic rings. The maximum absolute atomic E-state index is 14.5. The molecule has 204 valence electrons. The SMILES string of the molecule is CCOc1ccc(F)c(N2CCC(Oc3ccc(N4C[C@@H](OCc5ccccc5)C[C@@H]4CC#N)cc3)CC2)c1. The molecule has 0 bridgehead atoms. The number of piperidine rings is 1. The van der Waals surface area contributed by atoms with Crippen LogP contribution in [-0.4, -0.2) is 44.5 Å². The molecule has 0 aliphatic carbocycles. The van der Waals surface area contributed by atoms with E-state index in [9.17, 15) is 9.65 Å². The predicted octanol–water partition coefficient (Wildman–Crippen LogP) is 6.35. The number of halogens is 1. The van der Waals surface area contributed by atoms with Gasteiger partial charge in [0, 0.05) is 50.3 Å². The first kappa shape index (κ1) is 26.8. The van der Waals surface area contributed by atoms with Gasteiger partial charge in [-0.3, -0.25) is 0 Å². The van der Waals surface area contributed by atoms with E-state index in [1.54, 1.807) is 12.1 Å². The zero-order valence-corrected chi connectivity index (χ0v) is 22.5. The van der Waals surface area contributed by atoms with E-state index >= 15 is 0 Å². The molecule has 5 rings (SSSR count). The molecular weight excluding hydrogens is 493 g/mol. The lowest BCUT2D eigenvalue weighted by Crippen LogP contribution is -2.38. The molecule has 6 nitrogen and oxygen atoms in total. The summed E-state index contributed by atoms with van der Waals surface area (Å²) in [6.45, 7) is 5.27. The summed E-state index contributed by atoms with van der Waals surface area (Å²) in [5.74, 6) is 1.30. The van der Waals surface area contributed by atoms with E-state index in [0.717, 1.165) is 55.9 Å². The van der Waals surface area contributed by atoms with E-state index < -0.39 is 0 Å². The summed E-state index contributed by atoms with van der Waals surface area (Å²) in [6.07, 6.45) is 3.11. The Bertz CT molecular complexity index is 1240. The Morgan fingerprint density at radius 2 is 1.69 bits per heavy atom. The quantitative estimate of drug-likeness (QED) is 0.305. The van der Waals surface area contributed by atoms with Gasteiger partial charge in [-0.2, -0.15) is 5.26 Å². The predicted molar refractivity (Wildman–Crippen MR) is 151 cm³/mol. The van der Waals surface area contributed by atoms with Gasteiger partial charge >= 0.3 is 0 Å². The third kappa shape index (κ3) is 6.82. The monoisotopic (exact) mass is 529 g/mol. The normalized spacial score (nSPS) is 19.6. The molecule has 0 spiro atoms. The maximum atomic E-state index is 14.5. The number of nitriles is 1. The highest BCUT2D eigenvalue weighted by atomic mass is 19.1. The minimum atomic E-state index is -0.224. The Labute approximate surface area is 230 Å². The summed E-state index contributed by atoms with van der Waals surface area (Å²) in [5.41, 5.74) is 2.82. The van der Waals surface area contributed by atoms with Crippen LogP contribution in [0.4, 0.5) is 15.8 Å². The van der Waals surface area contributed by atoms with Gasteiger partial charge in [-0.15, -0.1) is 0 Å². The highest BCUT2D eigenvalue weighted by Crippen LogP contribution is 2.32. The van der Waals surface area contributed by atoms with Crippen LogP contribution in [0.3, 0.4) is 0 Å². The molecular formula is C32H36FN3O3. The second-order valence-corrected chi connectivity index (χ2v) is 10.2. The Kier molecular flexibility index (Phi) is 8.85. The standard InChI is InChI=1S/C32H36FN3O3/c1-2-37-29-12-13-31(33)32(21-29)35-18-15-28(16-19-35)39-27-10-8-25(9-11-27)36-22-30(20-26(36)14-17-34)38-23-24-6-4-3-5-7-24/h3-13,21,26,28,30H,2,14-16,18-20,22-23H2,1H3/t26-,30-/m0/s1. The molecule has 0 saturated carbocycles. The first-order valence-corrected chi connectivity index (χ1v) is 13.9. The Balaban J connectivity index is 1.15. The molecule has 0 amide bonds. The zero-order chi connectivity index (χ0) is 27.0. The van der Waals surface area contributed by atoms with Crippen LogP contribution >= 0.6 is 0 Å². The summed E-state index contributed by atoms with van der Waals surface area (Å²) in [5, 5.41) is 9.39. The van der Waals surface area contributed by atoms with Gasteiger partial charge in [-0.25, -0.2) is 4.39 Å². The van der Waals surface area contributed by atoms with Crippen LogP contribution in [0.25, 0.3) is 0 Å². The second-order valence-electron chi connectivity index (χ2n) is 10.2. The van der Waals surface area contributed by atoms with Crippen molar-refractivity contribution in [1.82, 2.24) is 0 Å². The molecule has 0 N–H and O–H groups in total. The number of benzene rings is 3. The Morgan fingerprint density at radius 1 is 0.949 bits per heavy atom. The lowest BCUT2D eigenvalue weighted by Gasteiger charge is -2.34. The van der Waals surface area contributed by atoms with Crippen molar-refractivity contribution in [2.45, 2.75) is 57.5 Å². The lowest BCUT2D eigenvalue weighted by atomic mass is 10.1. The fourth-order valence-electron chi connectivity index (χ4n) is 5.51. The van der Waals surface area contributed by atoms with Crippen LogP contribution in [0.2, 0.25) is 0 Å². The average molecular weight is 530 g/mol. The fourth-order valence-corrected chi connectivity index (χ4v) is 5.51. The summed E-state index contributed by atoms with van der Waals surface area (Å²) < 4.78 is 32.5. The smallest absolute Gasteiger partial charge is 0.146 e. The summed E-state index contributed by atoms with van der Waals surface area (Å²) >= 11 is 0. The van der Waals surface area contributed by atoms with Gasteiger partial charge in [-0.1, -0.05) is 30.3 Å². The summed E-state index contributed by atoms with van der Waals surface area (Å²) in [7, 11) is 0. The van der Waals surface area contributed by atoms with E-state index in [2.05, 4.69) is 40.1 Å². The molecule has 2 aliphatic heterocycles. The van der Waals surface area contributed by atoms with Crippen molar-refractivity contribution in [2.75, 3.05) is 36.0 Å². The second kappa shape index (κ2) is 12.9. The third-order valence-corrected chi connectivity index (χ3v) is 7.51. The van der Waals surface area contributed by atoms with Gasteiger partial charge < -0.3 is 24.0 Å². The summed E-state index contributed by atoms with van der Waals surface area (Å²) in [4.78, 5) is 4.35. The van der Waals surface area contributed by atoms with Crippen molar-refractivity contribution in [3.8, 4) is 17.6 Å². The number of anilines is 2. The third-order valence-electron chi connectivity index (χ3n) is 7.51. The molecule has 7 heteroatoms. The molecule has 2 saturated heterocycles. The van der Waals surface area contributed by atoms with Crippen LogP contribution in [0.15, 0.2) is 72.8 Å². The molecule has 3 aromatic carbocycles. The van der Waals surface area contributed by atoms with E-state index in [0.29, 0.717) is 31.1 Å². The molecule has 2 atom stereocenters. The molecule has 0 radical (unpaired) electrons. The van der Waals surface area contributed by atoms with Crippen LogP contribution in [-0.2, 0) is 11.3 Å². The zero-order valence-electron chi connectivity index (χ0n) is 22.5. The number of rotatable bonds is 10. The van der Waals surface area contributed by atoms with Crippen molar-refractivity contribution in [3.05, 3.63) is 84.2 Å². The fraction of sp³-hybridized carbons (Fsp3) is 0.406. The van der Waals surface area contributed by atoms with Gasteiger partial charge in [0.15, 0.2) is 0 Å². The first-order chi connectivity index (χ1) is 19.1. The van der Waals surface area contributed by atoms with Crippen molar-refractivity contribution < 1.29 is 18.6 Å². The Morgan fingerprint density at radius 3 is 2.41 bits per heavy atom. The topological polar surface area (TPSA) is 58.0 Å². The van der Waals surface area contributed by atoms with Crippen LogP contribution in [0, 0.1) is 17.1 Å². The number of ether oxygens (including phenoxy) is 3. The van der Waals surface area contributed by atoms with E-state index in [4.69, 9.17) is 14.2 Å². The lowest BCUT2D eigenvalue weighted by molar-refractivity contribution is 0.0534. The average Bonchev–Trinajstić information content (AvgIpc) is 3.37. The van der Waals surface area contributed by atoms with Crippen LogP contribution in [0.1, 0.15) is 38.2 Å². The van der Waals surface area contributed by atoms with Crippen LogP contribution < -0.4 is 19.3 Å². The number of nitrogens with zero attached hydrogens (tertiary/aromatic N) is 3. The van der Waals surface area contributed by atoms with Gasteiger partial charge in [-0.05, 0) is 55.3 Å². The van der Waals surface area contributed by atoms with Crippen LogP contribution in [0.5, 0.6) is 11.5 Å². The first-order valence-electron chi connectivity index (χ1n) is 13.9. The molecule has 2 fully saturated rings. The highest BCUT2D eigenvalue weighted by Gasteiger charge is 2.33. The minimum Gasteiger partial charge on any atom is -0.494 e. The van der Waals surface area contributed by atoms with Crippen molar-refractivity contribution in [1.29, 1.82) is 5.26 Å². The van der Waals surface area contributed by atoms with Gasteiger partial charge in [0.1, 0.15) is 23.4 Å². The van der Waals surface area contributed by atoms with Gasteiger partial charge in [0.05, 0.1) is 37.5 Å². The van der Waals surface area contributed by atoms with E-state index in [1.165, 1.54) is 6.07 Å². The Hall–Kier alpha value is -3.76.